The summed E-state index contributed by atoms with van der Waals surface area (Å²) in [5.74, 6) is 0. The minimum absolute atomic E-state index is 0.469. The molecule has 2 N–H and O–H groups in total. The number of hydrogen-bond acceptors (Lipinski definition) is 3. The molecule has 0 amide bonds. The highest BCUT2D eigenvalue weighted by atomic mass is 16.3. The van der Waals surface area contributed by atoms with Gasteiger partial charge in [0.2, 0.25) is 0 Å². The van der Waals surface area contributed by atoms with E-state index in [0.717, 1.165) is 33.4 Å². The van der Waals surface area contributed by atoms with Gasteiger partial charge in [-0.05, 0) is 31.5 Å². The topological polar surface area (TPSA) is 45.1 Å². The van der Waals surface area contributed by atoms with Crippen molar-refractivity contribution in [2.24, 2.45) is 0 Å². The molecule has 1 unspecified atom stereocenters. The van der Waals surface area contributed by atoms with Crippen LogP contribution in [0, 0.1) is 13.8 Å². The first-order valence-corrected chi connectivity index (χ1v) is 7.48. The van der Waals surface area contributed by atoms with E-state index in [0.29, 0.717) is 6.54 Å². The van der Waals surface area contributed by atoms with Gasteiger partial charge in [-0.1, -0.05) is 48.0 Å². The van der Waals surface area contributed by atoms with Crippen molar-refractivity contribution in [1.29, 1.82) is 0 Å². The first-order chi connectivity index (χ1) is 10.6. The fraction of sp³-hybridized carbons (Fsp3) is 0.211. The van der Waals surface area contributed by atoms with E-state index < -0.39 is 6.10 Å². The van der Waals surface area contributed by atoms with Crippen molar-refractivity contribution in [3.8, 4) is 0 Å². The highest BCUT2D eigenvalue weighted by Crippen LogP contribution is 2.24. The molecule has 0 fully saturated rings. The van der Waals surface area contributed by atoms with Gasteiger partial charge < -0.3 is 10.4 Å². The quantitative estimate of drug-likeness (QED) is 0.764. The number of aromatic nitrogens is 1. The van der Waals surface area contributed by atoms with Crippen LogP contribution in [0.25, 0.3) is 10.9 Å². The number of aryl methyl sites for hydroxylation is 2. The Labute approximate surface area is 130 Å². The first kappa shape index (κ1) is 14.5. The molecule has 0 aliphatic carbocycles. The molecule has 22 heavy (non-hydrogen) atoms. The minimum atomic E-state index is -0.535. The Balaban J connectivity index is 1.82. The average molecular weight is 292 g/mol. The van der Waals surface area contributed by atoms with Gasteiger partial charge in [0, 0.05) is 23.3 Å². The third-order valence-electron chi connectivity index (χ3n) is 3.76. The number of fused-ring (bicyclic) bond motifs is 1. The molecule has 1 heterocycles. The van der Waals surface area contributed by atoms with Gasteiger partial charge in [-0.25, -0.2) is 0 Å². The third kappa shape index (κ3) is 3.10. The van der Waals surface area contributed by atoms with E-state index in [1.165, 1.54) is 0 Å². The molecule has 0 spiro atoms. The Morgan fingerprint density at radius 3 is 2.68 bits per heavy atom. The molecule has 3 nitrogen and oxygen atoms in total. The standard InChI is InChI=1S/C19H20N2O/c1-13-6-5-7-15(10-13)19(22)12-20-18-11-14(2)21-17-9-4-3-8-16(17)18/h3-11,19,22H,12H2,1-2H3,(H,20,21). The summed E-state index contributed by atoms with van der Waals surface area (Å²) in [7, 11) is 0. The number of nitrogens with one attached hydrogen (secondary N) is 1. The monoisotopic (exact) mass is 292 g/mol. The summed E-state index contributed by atoms with van der Waals surface area (Å²) in [6.45, 7) is 4.48. The molecule has 0 aliphatic rings. The SMILES string of the molecule is Cc1cccc(C(O)CNc2cc(C)nc3ccccc23)c1. The Hall–Kier alpha value is -2.39. The molecule has 0 radical (unpaired) electrons. The summed E-state index contributed by atoms with van der Waals surface area (Å²) in [6.07, 6.45) is -0.535. The Kier molecular flexibility index (Phi) is 4.07. The van der Waals surface area contributed by atoms with Gasteiger partial charge in [0.05, 0.1) is 11.6 Å². The van der Waals surface area contributed by atoms with Crippen LogP contribution in [-0.4, -0.2) is 16.6 Å². The predicted molar refractivity (Wildman–Crippen MR) is 91.1 cm³/mol. The Bertz CT molecular complexity index is 798. The molecule has 3 aromatic rings. The number of para-hydroxylation sites is 1. The molecule has 1 aromatic heterocycles. The normalized spacial score (nSPS) is 12.3. The molecule has 112 valence electrons. The molecular weight excluding hydrogens is 272 g/mol. The van der Waals surface area contributed by atoms with Crippen molar-refractivity contribution < 1.29 is 5.11 Å². The van der Waals surface area contributed by atoms with Crippen LogP contribution in [0.3, 0.4) is 0 Å². The van der Waals surface area contributed by atoms with Crippen LogP contribution >= 0.6 is 0 Å². The number of aliphatic hydroxyl groups is 1. The summed E-state index contributed by atoms with van der Waals surface area (Å²) in [6, 6.07) is 18.0. The van der Waals surface area contributed by atoms with Gasteiger partial charge in [0.1, 0.15) is 0 Å². The predicted octanol–water partition coefficient (Wildman–Crippen LogP) is 4.00. The van der Waals surface area contributed by atoms with Gasteiger partial charge in [-0.2, -0.15) is 0 Å². The maximum atomic E-state index is 10.4. The lowest BCUT2D eigenvalue weighted by molar-refractivity contribution is 0.191. The van der Waals surface area contributed by atoms with Crippen LogP contribution in [0.4, 0.5) is 5.69 Å². The first-order valence-electron chi connectivity index (χ1n) is 7.48. The van der Waals surface area contributed by atoms with Crippen molar-refractivity contribution in [2.45, 2.75) is 20.0 Å². The molecular formula is C19H20N2O. The fourth-order valence-corrected chi connectivity index (χ4v) is 2.66. The highest BCUT2D eigenvalue weighted by molar-refractivity contribution is 5.91. The zero-order chi connectivity index (χ0) is 15.5. The van der Waals surface area contributed by atoms with Crippen LogP contribution in [0.2, 0.25) is 0 Å². The van der Waals surface area contributed by atoms with E-state index in [-0.39, 0.29) is 0 Å². The van der Waals surface area contributed by atoms with E-state index in [1.807, 2.05) is 68.4 Å². The number of aliphatic hydroxyl groups excluding tert-OH is 1. The zero-order valence-corrected chi connectivity index (χ0v) is 12.9. The summed E-state index contributed by atoms with van der Waals surface area (Å²) in [5.41, 5.74) is 5.03. The lowest BCUT2D eigenvalue weighted by atomic mass is 10.1. The third-order valence-corrected chi connectivity index (χ3v) is 3.76. The Morgan fingerprint density at radius 2 is 1.86 bits per heavy atom. The molecule has 3 heteroatoms. The summed E-state index contributed by atoms with van der Waals surface area (Å²) < 4.78 is 0. The van der Waals surface area contributed by atoms with E-state index in [9.17, 15) is 5.11 Å². The minimum Gasteiger partial charge on any atom is -0.387 e. The van der Waals surface area contributed by atoms with E-state index in [2.05, 4.69) is 10.3 Å². The second-order valence-electron chi connectivity index (χ2n) is 5.64. The summed E-state index contributed by atoms with van der Waals surface area (Å²) in [4.78, 5) is 4.53. The number of pyridine rings is 1. The van der Waals surface area contributed by atoms with Gasteiger partial charge in [-0.15, -0.1) is 0 Å². The largest absolute Gasteiger partial charge is 0.387 e. The molecule has 0 aliphatic heterocycles. The number of hydrogen-bond donors (Lipinski definition) is 2. The van der Waals surface area contributed by atoms with Crippen LogP contribution in [-0.2, 0) is 0 Å². The number of nitrogens with zero attached hydrogens (tertiary/aromatic N) is 1. The number of rotatable bonds is 4. The molecule has 0 saturated carbocycles. The van der Waals surface area contributed by atoms with E-state index in [4.69, 9.17) is 0 Å². The van der Waals surface area contributed by atoms with Gasteiger partial charge in [0.25, 0.3) is 0 Å². The molecule has 3 rings (SSSR count). The lowest BCUT2D eigenvalue weighted by Crippen LogP contribution is -2.12. The van der Waals surface area contributed by atoms with Crippen LogP contribution in [0.15, 0.2) is 54.6 Å². The maximum absolute atomic E-state index is 10.4. The van der Waals surface area contributed by atoms with Gasteiger partial charge >= 0.3 is 0 Å². The van der Waals surface area contributed by atoms with Crippen molar-refractivity contribution in [3.05, 3.63) is 71.4 Å². The summed E-state index contributed by atoms with van der Waals surface area (Å²) in [5, 5.41) is 14.8. The lowest BCUT2D eigenvalue weighted by Gasteiger charge is -2.15. The molecule has 0 saturated heterocycles. The molecule has 1 atom stereocenters. The second-order valence-corrected chi connectivity index (χ2v) is 5.64. The second kappa shape index (κ2) is 6.16. The fourth-order valence-electron chi connectivity index (χ4n) is 2.66. The van der Waals surface area contributed by atoms with Crippen molar-refractivity contribution in [1.82, 2.24) is 4.98 Å². The van der Waals surface area contributed by atoms with Crippen molar-refractivity contribution in [3.63, 3.8) is 0 Å². The van der Waals surface area contributed by atoms with Gasteiger partial charge in [0.15, 0.2) is 0 Å². The van der Waals surface area contributed by atoms with E-state index in [1.54, 1.807) is 0 Å². The van der Waals surface area contributed by atoms with E-state index >= 15 is 0 Å². The average Bonchev–Trinajstić information content (AvgIpc) is 2.52. The van der Waals surface area contributed by atoms with Crippen LogP contribution in [0.5, 0.6) is 0 Å². The smallest absolute Gasteiger partial charge is 0.0962 e. The van der Waals surface area contributed by atoms with Gasteiger partial charge in [-0.3, -0.25) is 4.98 Å². The van der Waals surface area contributed by atoms with Crippen molar-refractivity contribution in [2.75, 3.05) is 11.9 Å². The molecule has 0 bridgehead atoms. The maximum Gasteiger partial charge on any atom is 0.0962 e. The van der Waals surface area contributed by atoms with Crippen molar-refractivity contribution >= 4 is 16.6 Å². The highest BCUT2D eigenvalue weighted by Gasteiger charge is 2.09. The number of benzene rings is 2. The molecule has 2 aromatic carbocycles. The number of anilines is 1. The van der Waals surface area contributed by atoms with Crippen LogP contribution < -0.4 is 5.32 Å². The van der Waals surface area contributed by atoms with Crippen LogP contribution in [0.1, 0.15) is 22.9 Å². The Morgan fingerprint density at radius 1 is 1.05 bits per heavy atom. The summed E-state index contributed by atoms with van der Waals surface area (Å²) >= 11 is 0. The zero-order valence-electron chi connectivity index (χ0n) is 12.9.